The monoisotopic (exact) mass is 526 g/mol. The van der Waals surface area contributed by atoms with E-state index < -0.39 is 29.3 Å². The molecule has 1 aliphatic rings. The van der Waals surface area contributed by atoms with Gasteiger partial charge >= 0.3 is 6.18 Å². The van der Waals surface area contributed by atoms with Gasteiger partial charge in [0.15, 0.2) is 5.69 Å². The molecule has 2 heterocycles. The van der Waals surface area contributed by atoms with Gasteiger partial charge in [0, 0.05) is 43.0 Å². The normalized spacial score (nSPS) is 16.5. The Morgan fingerprint density at radius 3 is 2.49 bits per heavy atom. The van der Waals surface area contributed by atoms with Crippen molar-refractivity contribution in [1.82, 2.24) is 14.7 Å². The lowest BCUT2D eigenvalue weighted by Crippen LogP contribution is -2.55. The summed E-state index contributed by atoms with van der Waals surface area (Å²) >= 11 is 12.2. The number of halogens is 5. The van der Waals surface area contributed by atoms with Crippen molar-refractivity contribution in [3.05, 3.63) is 64.3 Å². The molecule has 186 valence electrons. The molecular weight excluding hydrogens is 504 g/mol. The Balaban J connectivity index is 1.53. The van der Waals surface area contributed by atoms with Crippen molar-refractivity contribution in [3.63, 3.8) is 0 Å². The van der Waals surface area contributed by atoms with E-state index in [0.29, 0.717) is 40.7 Å². The number of anilines is 1. The number of hydrogen-bond acceptors (Lipinski definition) is 4. The summed E-state index contributed by atoms with van der Waals surface area (Å²) in [6, 6.07) is 13.5. The molecule has 1 amide bonds. The zero-order valence-corrected chi connectivity index (χ0v) is 20.5. The van der Waals surface area contributed by atoms with Gasteiger partial charge in [-0.3, -0.25) is 4.79 Å². The van der Waals surface area contributed by atoms with E-state index in [2.05, 4.69) is 10.00 Å². The van der Waals surface area contributed by atoms with Gasteiger partial charge in [-0.2, -0.15) is 18.3 Å². The molecule has 0 spiro atoms. The zero-order valence-electron chi connectivity index (χ0n) is 19.0. The summed E-state index contributed by atoms with van der Waals surface area (Å²) in [6.07, 6.45) is -4.77. The van der Waals surface area contributed by atoms with Crippen LogP contribution in [0.3, 0.4) is 0 Å². The van der Waals surface area contributed by atoms with Gasteiger partial charge in [-0.15, -0.1) is 0 Å². The number of aromatic nitrogens is 2. The first-order valence-electron chi connectivity index (χ1n) is 10.9. The predicted molar refractivity (Wildman–Crippen MR) is 129 cm³/mol. The van der Waals surface area contributed by atoms with Crippen molar-refractivity contribution in [3.8, 4) is 17.0 Å². The van der Waals surface area contributed by atoms with Gasteiger partial charge in [0.05, 0.1) is 17.2 Å². The van der Waals surface area contributed by atoms with E-state index in [1.807, 2.05) is 19.1 Å². The number of piperazine rings is 1. The average molecular weight is 527 g/mol. The molecule has 1 aromatic heterocycles. The Bertz CT molecular complexity index is 1220. The van der Waals surface area contributed by atoms with Gasteiger partial charge < -0.3 is 14.5 Å². The molecule has 0 aliphatic carbocycles. The van der Waals surface area contributed by atoms with E-state index in [-0.39, 0.29) is 11.7 Å². The molecule has 4 rings (SSSR count). The van der Waals surface area contributed by atoms with Crippen LogP contribution >= 0.6 is 23.2 Å². The Hall–Kier alpha value is -2.91. The highest BCUT2D eigenvalue weighted by atomic mass is 35.5. The summed E-state index contributed by atoms with van der Waals surface area (Å²) < 4.78 is 47.5. The molecule has 1 atom stereocenters. The van der Waals surface area contributed by atoms with E-state index in [4.69, 9.17) is 27.9 Å². The third kappa shape index (κ3) is 5.21. The minimum Gasteiger partial charge on any atom is -0.495 e. The molecule has 0 N–H and O–H groups in total. The van der Waals surface area contributed by atoms with Crippen molar-refractivity contribution >= 4 is 34.8 Å². The Morgan fingerprint density at radius 2 is 1.86 bits per heavy atom. The van der Waals surface area contributed by atoms with E-state index in [9.17, 15) is 18.0 Å². The summed E-state index contributed by atoms with van der Waals surface area (Å²) in [6.45, 7) is 2.63. The highest BCUT2D eigenvalue weighted by Gasteiger charge is 2.41. The fourth-order valence-electron chi connectivity index (χ4n) is 4.23. The van der Waals surface area contributed by atoms with Crippen LogP contribution < -0.4 is 9.64 Å². The Kier molecular flexibility index (Phi) is 7.19. The summed E-state index contributed by atoms with van der Waals surface area (Å²) in [5, 5.41) is 4.05. The lowest BCUT2D eigenvalue weighted by Gasteiger charge is -2.41. The molecular formula is C24H23Cl2F3N4O2. The highest BCUT2D eigenvalue weighted by molar-refractivity contribution is 6.34. The molecule has 2 aromatic carbocycles. The number of hydrogen-bond donors (Lipinski definition) is 0. The Labute approximate surface area is 210 Å². The van der Waals surface area contributed by atoms with E-state index in [1.54, 1.807) is 41.3 Å². The maximum absolute atomic E-state index is 13.8. The maximum atomic E-state index is 13.8. The largest absolute Gasteiger partial charge is 0.495 e. The first-order valence-corrected chi connectivity index (χ1v) is 11.6. The quantitative estimate of drug-likeness (QED) is 0.432. The second-order valence-electron chi connectivity index (χ2n) is 8.23. The van der Waals surface area contributed by atoms with Crippen LogP contribution in [0.2, 0.25) is 10.0 Å². The highest BCUT2D eigenvalue weighted by Crippen LogP contribution is 2.40. The third-order valence-electron chi connectivity index (χ3n) is 5.94. The average Bonchev–Trinajstić information content (AvgIpc) is 3.15. The first-order chi connectivity index (χ1) is 16.6. The summed E-state index contributed by atoms with van der Waals surface area (Å²) in [5.41, 5.74) is 0.179. The van der Waals surface area contributed by atoms with Crippen LogP contribution in [0.5, 0.6) is 5.75 Å². The molecule has 0 bridgehead atoms. The van der Waals surface area contributed by atoms with Gasteiger partial charge in [-0.25, -0.2) is 4.68 Å². The summed E-state index contributed by atoms with van der Waals surface area (Å²) in [7, 11) is 1.53. The zero-order chi connectivity index (χ0) is 25.3. The Morgan fingerprint density at radius 1 is 1.14 bits per heavy atom. The number of alkyl halides is 3. The molecule has 1 aliphatic heterocycles. The third-order valence-corrected chi connectivity index (χ3v) is 6.61. The van der Waals surface area contributed by atoms with Gasteiger partial charge in [0.1, 0.15) is 18.0 Å². The van der Waals surface area contributed by atoms with Gasteiger partial charge in [-0.05, 0) is 19.1 Å². The van der Waals surface area contributed by atoms with Gasteiger partial charge in [0.25, 0.3) is 0 Å². The maximum Gasteiger partial charge on any atom is 0.434 e. The van der Waals surface area contributed by atoms with Crippen LogP contribution in [-0.4, -0.2) is 53.4 Å². The number of rotatable bonds is 5. The minimum atomic E-state index is -4.77. The minimum absolute atomic E-state index is 0.0121. The number of methoxy groups -OCH3 is 1. The van der Waals surface area contributed by atoms with Crippen LogP contribution in [0.15, 0.2) is 48.5 Å². The van der Waals surface area contributed by atoms with Crippen molar-refractivity contribution in [1.29, 1.82) is 0 Å². The number of nitrogens with zero attached hydrogens (tertiary/aromatic N) is 4. The van der Waals surface area contributed by atoms with E-state index >= 15 is 0 Å². The molecule has 3 aromatic rings. The molecule has 0 unspecified atom stereocenters. The lowest BCUT2D eigenvalue weighted by molar-refractivity contribution is -0.146. The molecule has 6 nitrogen and oxygen atoms in total. The topological polar surface area (TPSA) is 50.6 Å². The molecule has 1 fully saturated rings. The van der Waals surface area contributed by atoms with E-state index in [1.165, 1.54) is 7.11 Å². The number of carbonyl (C=O) groups excluding carboxylic acids is 1. The lowest BCUT2D eigenvalue weighted by atomic mass is 10.1. The van der Waals surface area contributed by atoms with Crippen molar-refractivity contribution in [2.75, 3.05) is 31.6 Å². The van der Waals surface area contributed by atoms with Crippen LogP contribution in [0.1, 0.15) is 12.6 Å². The SMILES string of the molecule is COc1cc(N2CCN(C(=O)Cn3nc(-c4ccccc4)c(Cl)c3C(F)(F)F)[C@@H](C)C2)ccc1Cl. The van der Waals surface area contributed by atoms with Gasteiger partial charge in [0.2, 0.25) is 5.91 Å². The van der Waals surface area contributed by atoms with Crippen molar-refractivity contribution < 1.29 is 22.7 Å². The van der Waals surface area contributed by atoms with Crippen LogP contribution in [0.25, 0.3) is 11.3 Å². The fourth-order valence-corrected chi connectivity index (χ4v) is 4.78. The summed E-state index contributed by atoms with van der Waals surface area (Å²) in [5.74, 6) is 0.0786. The molecule has 11 heteroatoms. The number of benzene rings is 2. The number of carbonyl (C=O) groups is 1. The molecule has 0 saturated carbocycles. The molecule has 35 heavy (non-hydrogen) atoms. The van der Waals surface area contributed by atoms with Gasteiger partial charge in [-0.1, -0.05) is 53.5 Å². The van der Waals surface area contributed by atoms with Crippen LogP contribution in [0, 0.1) is 0 Å². The van der Waals surface area contributed by atoms with Crippen molar-refractivity contribution in [2.24, 2.45) is 0 Å². The number of amides is 1. The first kappa shape index (κ1) is 25.2. The van der Waals surface area contributed by atoms with E-state index in [0.717, 1.165) is 5.69 Å². The smallest absolute Gasteiger partial charge is 0.434 e. The molecule has 0 radical (unpaired) electrons. The second kappa shape index (κ2) is 9.99. The standard InChI is InChI=1S/C24H23Cl2F3N4O2/c1-15-13-31(17-8-9-18(25)19(12-17)35-2)10-11-32(15)20(34)14-33-23(24(27,28)29)21(26)22(30-33)16-6-4-3-5-7-16/h3-9,12,15H,10-11,13-14H2,1-2H3/t15-/m0/s1. The van der Waals surface area contributed by atoms with Crippen LogP contribution in [-0.2, 0) is 17.5 Å². The predicted octanol–water partition coefficient (Wildman–Crippen LogP) is 5.62. The number of ether oxygens (including phenoxy) is 1. The van der Waals surface area contributed by atoms with Crippen LogP contribution in [0.4, 0.5) is 18.9 Å². The van der Waals surface area contributed by atoms with Crippen molar-refractivity contribution in [2.45, 2.75) is 25.7 Å². The fraction of sp³-hybridized carbons (Fsp3) is 0.333. The second-order valence-corrected chi connectivity index (χ2v) is 9.02. The molecule has 1 saturated heterocycles. The summed E-state index contributed by atoms with van der Waals surface area (Å²) in [4.78, 5) is 16.7.